The second kappa shape index (κ2) is 5.85. The molecule has 4 amide bonds. The summed E-state index contributed by atoms with van der Waals surface area (Å²) >= 11 is 1.58. The number of nitrogens with zero attached hydrogens (tertiary/aromatic N) is 2. The highest BCUT2D eigenvalue weighted by Gasteiger charge is 2.37. The Morgan fingerprint density at radius 1 is 1.33 bits per heavy atom. The molecule has 3 rings (SSSR count). The van der Waals surface area contributed by atoms with Gasteiger partial charge in [0.15, 0.2) is 0 Å². The number of thiophene rings is 1. The van der Waals surface area contributed by atoms with Crippen LogP contribution >= 0.6 is 11.3 Å². The number of piperidine rings is 1. The molecule has 2 saturated heterocycles. The van der Waals surface area contributed by atoms with Crippen molar-refractivity contribution in [2.45, 2.75) is 25.3 Å². The van der Waals surface area contributed by atoms with Gasteiger partial charge in [-0.3, -0.25) is 14.5 Å². The molecule has 112 valence electrons. The van der Waals surface area contributed by atoms with Crippen LogP contribution in [0.5, 0.6) is 0 Å². The lowest BCUT2D eigenvalue weighted by Crippen LogP contribution is -2.49. The minimum atomic E-state index is -0.302. The monoisotopic (exact) mass is 307 g/mol. The molecule has 7 heteroatoms. The van der Waals surface area contributed by atoms with Crippen LogP contribution in [0.3, 0.4) is 0 Å². The molecule has 0 atom stereocenters. The van der Waals surface area contributed by atoms with Crippen molar-refractivity contribution in [2.24, 2.45) is 0 Å². The number of imide groups is 1. The third-order valence-corrected chi connectivity index (χ3v) is 4.84. The van der Waals surface area contributed by atoms with Crippen molar-refractivity contribution in [1.82, 2.24) is 15.1 Å². The van der Waals surface area contributed by atoms with E-state index < -0.39 is 0 Å². The van der Waals surface area contributed by atoms with E-state index in [2.05, 4.69) is 5.32 Å². The molecule has 6 nitrogen and oxygen atoms in total. The van der Waals surface area contributed by atoms with Crippen LogP contribution in [0, 0.1) is 0 Å². The predicted octanol–water partition coefficient (Wildman–Crippen LogP) is 0.833. The normalized spacial score (nSPS) is 20.0. The molecule has 2 aliphatic rings. The van der Waals surface area contributed by atoms with Crippen LogP contribution in [0.1, 0.15) is 17.7 Å². The van der Waals surface area contributed by atoms with Gasteiger partial charge in [0.2, 0.25) is 11.8 Å². The van der Waals surface area contributed by atoms with E-state index in [0.717, 1.165) is 4.88 Å². The summed E-state index contributed by atoms with van der Waals surface area (Å²) in [5, 5.41) is 4.50. The molecule has 0 saturated carbocycles. The summed E-state index contributed by atoms with van der Waals surface area (Å²) in [5.74, 6) is -0.0449. The van der Waals surface area contributed by atoms with Crippen molar-refractivity contribution in [2.75, 3.05) is 19.6 Å². The van der Waals surface area contributed by atoms with E-state index in [0.29, 0.717) is 32.4 Å². The number of likely N-dealkylation sites (tertiary alicyclic amines) is 1. The van der Waals surface area contributed by atoms with Crippen molar-refractivity contribution in [3.05, 3.63) is 22.4 Å². The molecule has 1 aromatic heterocycles. The first kappa shape index (κ1) is 14.1. The van der Waals surface area contributed by atoms with Gasteiger partial charge in [-0.15, -0.1) is 11.3 Å². The lowest BCUT2D eigenvalue weighted by Gasteiger charge is -2.35. The predicted molar refractivity (Wildman–Crippen MR) is 77.9 cm³/mol. The van der Waals surface area contributed by atoms with E-state index in [1.54, 1.807) is 11.3 Å². The molecule has 0 aromatic carbocycles. The van der Waals surface area contributed by atoms with Gasteiger partial charge >= 0.3 is 6.03 Å². The molecule has 21 heavy (non-hydrogen) atoms. The quantitative estimate of drug-likeness (QED) is 0.841. The van der Waals surface area contributed by atoms with Gasteiger partial charge in [0.1, 0.15) is 0 Å². The fourth-order valence-electron chi connectivity index (χ4n) is 2.85. The smallest absolute Gasteiger partial charge is 0.324 e. The maximum absolute atomic E-state index is 12.2. The molecule has 0 spiro atoms. The first-order valence-electron chi connectivity index (χ1n) is 7.05. The van der Waals surface area contributed by atoms with E-state index in [4.69, 9.17) is 0 Å². The molecule has 1 N–H and O–H groups in total. The molecule has 0 radical (unpaired) electrons. The number of hydrogen-bond acceptors (Lipinski definition) is 4. The highest BCUT2D eigenvalue weighted by atomic mass is 32.1. The fraction of sp³-hybridized carbons (Fsp3) is 0.500. The number of rotatable bonds is 3. The highest BCUT2D eigenvalue weighted by Crippen LogP contribution is 2.20. The molecule has 2 fully saturated rings. The zero-order chi connectivity index (χ0) is 14.8. The third-order valence-electron chi connectivity index (χ3n) is 3.97. The summed E-state index contributed by atoms with van der Waals surface area (Å²) in [6.07, 6.45) is 1.76. The minimum Gasteiger partial charge on any atom is -0.342 e. The SMILES string of the molecule is O=C(Cc1cccs1)N1CCC(N2C(=O)CNC2=O)CC1. The second-order valence-electron chi connectivity index (χ2n) is 5.29. The Bertz CT molecular complexity index is 534. The minimum absolute atomic E-state index is 0.0780. The van der Waals surface area contributed by atoms with Gasteiger partial charge in [0.25, 0.3) is 0 Å². The lowest BCUT2D eigenvalue weighted by atomic mass is 10.0. The van der Waals surface area contributed by atoms with E-state index in [1.807, 2.05) is 22.4 Å². The number of nitrogens with one attached hydrogen (secondary N) is 1. The van der Waals surface area contributed by atoms with Crippen molar-refractivity contribution >= 4 is 29.2 Å². The molecule has 3 heterocycles. The van der Waals surface area contributed by atoms with Gasteiger partial charge in [-0.2, -0.15) is 0 Å². The largest absolute Gasteiger partial charge is 0.342 e. The summed E-state index contributed by atoms with van der Waals surface area (Å²) in [4.78, 5) is 39.7. The van der Waals surface area contributed by atoms with Crippen LogP contribution in [-0.4, -0.2) is 53.3 Å². The lowest BCUT2D eigenvalue weighted by molar-refractivity contribution is -0.132. The Labute approximate surface area is 126 Å². The van der Waals surface area contributed by atoms with Crippen molar-refractivity contribution in [3.63, 3.8) is 0 Å². The zero-order valence-corrected chi connectivity index (χ0v) is 12.4. The molecular formula is C14H17N3O3S. The fourth-order valence-corrected chi connectivity index (χ4v) is 3.55. The van der Waals surface area contributed by atoms with Crippen molar-refractivity contribution in [1.29, 1.82) is 0 Å². The number of hydrogen-bond donors (Lipinski definition) is 1. The van der Waals surface area contributed by atoms with Crippen LogP contribution in [0.2, 0.25) is 0 Å². The Hall–Kier alpha value is -1.89. The van der Waals surface area contributed by atoms with E-state index in [1.165, 1.54) is 4.90 Å². The summed E-state index contributed by atoms with van der Waals surface area (Å²) in [6.45, 7) is 1.30. The summed E-state index contributed by atoms with van der Waals surface area (Å²) < 4.78 is 0. The number of amides is 4. The van der Waals surface area contributed by atoms with E-state index in [9.17, 15) is 14.4 Å². The van der Waals surface area contributed by atoms with Crippen molar-refractivity contribution in [3.8, 4) is 0 Å². The average Bonchev–Trinajstić information content (AvgIpc) is 3.09. The van der Waals surface area contributed by atoms with Crippen LogP contribution in [-0.2, 0) is 16.0 Å². The van der Waals surface area contributed by atoms with Crippen molar-refractivity contribution < 1.29 is 14.4 Å². The van der Waals surface area contributed by atoms with E-state index in [-0.39, 0.29) is 30.4 Å². The summed E-state index contributed by atoms with van der Waals surface area (Å²) in [5.41, 5.74) is 0. The number of urea groups is 1. The first-order chi connectivity index (χ1) is 10.1. The molecule has 1 aromatic rings. The average molecular weight is 307 g/mol. The van der Waals surface area contributed by atoms with Crippen LogP contribution in [0.4, 0.5) is 4.79 Å². The molecule has 0 unspecified atom stereocenters. The first-order valence-corrected chi connectivity index (χ1v) is 7.93. The second-order valence-corrected chi connectivity index (χ2v) is 6.32. The van der Waals surface area contributed by atoms with Gasteiger partial charge in [-0.25, -0.2) is 4.79 Å². The zero-order valence-electron chi connectivity index (χ0n) is 11.6. The van der Waals surface area contributed by atoms with Crippen LogP contribution in [0.25, 0.3) is 0 Å². The van der Waals surface area contributed by atoms with Crippen LogP contribution < -0.4 is 5.32 Å². The Morgan fingerprint density at radius 2 is 2.10 bits per heavy atom. The van der Waals surface area contributed by atoms with Gasteiger partial charge in [0, 0.05) is 24.0 Å². The summed E-state index contributed by atoms with van der Waals surface area (Å²) in [7, 11) is 0. The number of carbonyl (C=O) groups excluding carboxylic acids is 3. The van der Waals surface area contributed by atoms with Crippen LogP contribution in [0.15, 0.2) is 17.5 Å². The Balaban J connectivity index is 1.54. The maximum atomic E-state index is 12.2. The topological polar surface area (TPSA) is 69.7 Å². The number of carbonyl (C=O) groups is 3. The molecule has 0 aliphatic carbocycles. The Kier molecular flexibility index (Phi) is 3.92. The standard InChI is InChI=1S/C14H17N3O3S/c18-12(8-11-2-1-7-21-11)16-5-3-10(4-6-16)17-13(19)9-15-14(17)20/h1-2,7,10H,3-6,8-9H2,(H,15,20). The molecule has 2 aliphatic heterocycles. The molecule has 0 bridgehead atoms. The third kappa shape index (κ3) is 2.92. The van der Waals surface area contributed by atoms with Gasteiger partial charge in [-0.1, -0.05) is 6.07 Å². The highest BCUT2D eigenvalue weighted by molar-refractivity contribution is 7.10. The molecular weight excluding hydrogens is 290 g/mol. The van der Waals surface area contributed by atoms with Gasteiger partial charge < -0.3 is 10.2 Å². The Morgan fingerprint density at radius 3 is 2.67 bits per heavy atom. The van der Waals surface area contributed by atoms with E-state index >= 15 is 0 Å². The van der Waals surface area contributed by atoms with Gasteiger partial charge in [-0.05, 0) is 24.3 Å². The van der Waals surface area contributed by atoms with Gasteiger partial charge in [0.05, 0.1) is 13.0 Å². The summed E-state index contributed by atoms with van der Waals surface area (Å²) in [6, 6.07) is 3.52. The maximum Gasteiger partial charge on any atom is 0.324 e.